The van der Waals surface area contributed by atoms with E-state index in [1.165, 1.54) is 13.0 Å². The standard InChI is InChI=1S/C23H22F3N3O3/c1-11-20-18(8-19(21(11)26)28-6-5-13(9-28)12(2)27)29(10-15(22(20)30)23(31)32)17-4-3-14(24)7-16(17)25/h3-4,7-8,10,12-13H,5-6,9,27H2,1-2H3,(H,31,32). The van der Waals surface area contributed by atoms with E-state index in [4.69, 9.17) is 5.73 Å². The molecule has 1 aliphatic rings. The van der Waals surface area contributed by atoms with Crippen molar-refractivity contribution in [3.63, 3.8) is 0 Å². The number of carboxylic acids is 1. The smallest absolute Gasteiger partial charge is 0.341 e. The van der Waals surface area contributed by atoms with Crippen LogP contribution in [0.4, 0.5) is 18.9 Å². The van der Waals surface area contributed by atoms with Gasteiger partial charge in [0.2, 0.25) is 5.43 Å². The van der Waals surface area contributed by atoms with Crippen molar-refractivity contribution < 1.29 is 23.1 Å². The molecule has 4 rings (SSSR count). The highest BCUT2D eigenvalue weighted by Crippen LogP contribution is 2.34. The fourth-order valence-electron chi connectivity index (χ4n) is 4.32. The Bertz CT molecular complexity index is 1300. The average molecular weight is 445 g/mol. The van der Waals surface area contributed by atoms with Crippen molar-refractivity contribution in [1.29, 1.82) is 0 Å². The van der Waals surface area contributed by atoms with Crippen LogP contribution in [0.3, 0.4) is 0 Å². The number of anilines is 1. The third kappa shape index (κ3) is 3.52. The van der Waals surface area contributed by atoms with Crippen molar-refractivity contribution in [2.45, 2.75) is 26.3 Å². The third-order valence-corrected chi connectivity index (χ3v) is 6.16. The molecule has 168 valence electrons. The number of benzene rings is 2. The third-order valence-electron chi connectivity index (χ3n) is 6.16. The van der Waals surface area contributed by atoms with E-state index in [1.807, 2.05) is 11.8 Å². The van der Waals surface area contributed by atoms with Crippen LogP contribution in [0.25, 0.3) is 16.6 Å². The lowest BCUT2D eigenvalue weighted by Gasteiger charge is -2.23. The second-order valence-corrected chi connectivity index (χ2v) is 8.23. The monoisotopic (exact) mass is 445 g/mol. The molecule has 2 heterocycles. The van der Waals surface area contributed by atoms with Gasteiger partial charge < -0.3 is 20.3 Å². The van der Waals surface area contributed by atoms with Gasteiger partial charge in [0, 0.05) is 37.0 Å². The van der Waals surface area contributed by atoms with E-state index in [9.17, 15) is 23.5 Å². The van der Waals surface area contributed by atoms with Gasteiger partial charge in [-0.1, -0.05) is 0 Å². The lowest BCUT2D eigenvalue weighted by atomic mass is 10.0. The van der Waals surface area contributed by atoms with Crippen molar-refractivity contribution in [3.8, 4) is 5.69 Å². The lowest BCUT2D eigenvalue weighted by Crippen LogP contribution is -2.30. The number of aromatic carboxylic acids is 1. The zero-order valence-corrected chi connectivity index (χ0v) is 17.5. The molecule has 0 saturated carbocycles. The van der Waals surface area contributed by atoms with Gasteiger partial charge in [-0.15, -0.1) is 0 Å². The minimum atomic E-state index is -1.53. The molecule has 1 aromatic heterocycles. The predicted molar refractivity (Wildman–Crippen MR) is 115 cm³/mol. The van der Waals surface area contributed by atoms with Crippen LogP contribution in [0.2, 0.25) is 0 Å². The van der Waals surface area contributed by atoms with E-state index in [0.29, 0.717) is 19.2 Å². The van der Waals surface area contributed by atoms with Crippen molar-refractivity contribution in [2.24, 2.45) is 11.7 Å². The van der Waals surface area contributed by atoms with Gasteiger partial charge >= 0.3 is 5.97 Å². The van der Waals surface area contributed by atoms with Gasteiger partial charge in [0.15, 0.2) is 0 Å². The van der Waals surface area contributed by atoms with E-state index in [-0.39, 0.29) is 39.8 Å². The van der Waals surface area contributed by atoms with Crippen LogP contribution in [0.15, 0.2) is 35.3 Å². The summed E-state index contributed by atoms with van der Waals surface area (Å²) in [7, 11) is 0. The van der Waals surface area contributed by atoms with Gasteiger partial charge in [-0.2, -0.15) is 0 Å². The summed E-state index contributed by atoms with van der Waals surface area (Å²) in [6, 6.07) is 4.16. The van der Waals surface area contributed by atoms with E-state index in [0.717, 1.165) is 29.3 Å². The van der Waals surface area contributed by atoms with Gasteiger partial charge in [0.05, 0.1) is 22.3 Å². The Morgan fingerprint density at radius 3 is 2.53 bits per heavy atom. The Morgan fingerprint density at radius 2 is 1.94 bits per heavy atom. The molecule has 3 N–H and O–H groups in total. The quantitative estimate of drug-likeness (QED) is 0.641. The van der Waals surface area contributed by atoms with E-state index >= 15 is 4.39 Å². The van der Waals surface area contributed by atoms with Gasteiger partial charge in [-0.3, -0.25) is 4.79 Å². The Balaban J connectivity index is 2.04. The normalized spacial score (nSPS) is 17.2. The van der Waals surface area contributed by atoms with Crippen LogP contribution in [0, 0.1) is 30.3 Å². The molecular formula is C23H22F3N3O3. The first-order valence-corrected chi connectivity index (χ1v) is 10.2. The number of hydrogen-bond donors (Lipinski definition) is 2. The predicted octanol–water partition coefficient (Wildman–Crippen LogP) is 3.59. The van der Waals surface area contributed by atoms with Crippen molar-refractivity contribution in [2.75, 3.05) is 18.0 Å². The Morgan fingerprint density at radius 1 is 1.22 bits per heavy atom. The first kappa shape index (κ1) is 21.9. The molecule has 0 spiro atoms. The first-order valence-electron chi connectivity index (χ1n) is 10.2. The number of hydrogen-bond acceptors (Lipinski definition) is 4. The topological polar surface area (TPSA) is 88.6 Å². The number of nitrogens with zero attached hydrogens (tertiary/aromatic N) is 2. The summed E-state index contributed by atoms with van der Waals surface area (Å²) in [5, 5.41) is 9.33. The van der Waals surface area contributed by atoms with Crippen LogP contribution in [0.5, 0.6) is 0 Å². The molecule has 1 saturated heterocycles. The number of halogens is 3. The fourth-order valence-corrected chi connectivity index (χ4v) is 4.32. The SMILES string of the molecule is Cc1c(F)c(N2CCC(C(C)N)C2)cc2c1c(=O)c(C(=O)O)cn2-c1ccc(F)cc1F. The summed E-state index contributed by atoms with van der Waals surface area (Å²) in [5.41, 5.74) is 4.63. The molecule has 6 nitrogen and oxygen atoms in total. The summed E-state index contributed by atoms with van der Waals surface area (Å²) < 4.78 is 44.7. The molecule has 1 fully saturated rings. The second-order valence-electron chi connectivity index (χ2n) is 8.23. The molecule has 2 atom stereocenters. The van der Waals surface area contributed by atoms with Gasteiger partial charge in [-0.25, -0.2) is 18.0 Å². The number of aryl methyl sites for hydroxylation is 1. The molecular weight excluding hydrogens is 423 g/mol. The Labute approximate surface area is 181 Å². The summed E-state index contributed by atoms with van der Waals surface area (Å²) >= 11 is 0. The number of pyridine rings is 1. The van der Waals surface area contributed by atoms with Gasteiger partial charge in [0.25, 0.3) is 0 Å². The van der Waals surface area contributed by atoms with E-state index in [2.05, 4.69) is 0 Å². The minimum Gasteiger partial charge on any atom is -0.477 e. The molecule has 0 amide bonds. The molecule has 32 heavy (non-hydrogen) atoms. The van der Waals surface area contributed by atoms with Crippen LogP contribution in [0.1, 0.15) is 29.3 Å². The molecule has 0 radical (unpaired) electrons. The number of carbonyl (C=O) groups is 1. The maximum absolute atomic E-state index is 15.4. The number of rotatable bonds is 4. The fraction of sp³-hybridized carbons (Fsp3) is 0.304. The summed E-state index contributed by atoms with van der Waals surface area (Å²) in [6.07, 6.45) is 1.75. The number of nitrogens with two attached hydrogens (primary N) is 1. The molecule has 9 heteroatoms. The summed E-state index contributed by atoms with van der Waals surface area (Å²) in [4.78, 5) is 26.4. The largest absolute Gasteiger partial charge is 0.477 e. The first-order chi connectivity index (χ1) is 15.1. The second kappa shape index (κ2) is 7.98. The van der Waals surface area contributed by atoms with E-state index in [1.54, 1.807) is 0 Å². The van der Waals surface area contributed by atoms with Crippen molar-refractivity contribution in [3.05, 3.63) is 69.3 Å². The molecule has 0 aliphatic carbocycles. The van der Waals surface area contributed by atoms with Crippen molar-refractivity contribution in [1.82, 2.24) is 4.57 Å². The molecule has 2 unspecified atom stereocenters. The number of aromatic nitrogens is 1. The highest BCUT2D eigenvalue weighted by Gasteiger charge is 2.29. The maximum atomic E-state index is 15.4. The highest BCUT2D eigenvalue weighted by molar-refractivity contribution is 5.95. The maximum Gasteiger partial charge on any atom is 0.341 e. The molecule has 3 aromatic rings. The highest BCUT2D eigenvalue weighted by atomic mass is 19.1. The summed E-state index contributed by atoms with van der Waals surface area (Å²) in [5.74, 6) is -3.77. The minimum absolute atomic E-state index is 0.0360. The van der Waals surface area contributed by atoms with E-state index < -0.39 is 34.4 Å². The Kier molecular flexibility index (Phi) is 5.46. The van der Waals surface area contributed by atoms with Crippen LogP contribution < -0.4 is 16.1 Å². The average Bonchev–Trinajstić information content (AvgIpc) is 3.21. The Hall–Kier alpha value is -3.33. The van der Waals surface area contributed by atoms with Crippen LogP contribution in [-0.4, -0.2) is 34.8 Å². The van der Waals surface area contributed by atoms with Crippen LogP contribution in [-0.2, 0) is 0 Å². The van der Waals surface area contributed by atoms with Gasteiger partial charge in [-0.05, 0) is 44.4 Å². The molecule has 1 aliphatic heterocycles. The number of fused-ring (bicyclic) bond motifs is 1. The van der Waals surface area contributed by atoms with Crippen molar-refractivity contribution >= 4 is 22.6 Å². The van der Waals surface area contributed by atoms with Crippen LogP contribution >= 0.6 is 0 Å². The zero-order chi connectivity index (χ0) is 23.3. The summed E-state index contributed by atoms with van der Waals surface area (Å²) in [6.45, 7) is 4.34. The molecule has 0 bridgehead atoms. The zero-order valence-electron chi connectivity index (χ0n) is 17.5. The number of carboxylic acid groups (broad SMARTS) is 1. The lowest BCUT2D eigenvalue weighted by molar-refractivity contribution is 0.0695. The molecule has 2 aromatic carbocycles. The van der Waals surface area contributed by atoms with Gasteiger partial charge in [0.1, 0.15) is 23.0 Å².